The van der Waals surface area contributed by atoms with Crippen LogP contribution >= 0.6 is 11.3 Å². The number of aromatic nitrogens is 1. The molecule has 2 heterocycles. The minimum Gasteiger partial charge on any atom is -0.406 e. The maximum Gasteiger partial charge on any atom is 0.573 e. The van der Waals surface area contributed by atoms with E-state index in [1.165, 1.54) is 12.1 Å². The highest BCUT2D eigenvalue weighted by Gasteiger charge is 2.36. The van der Waals surface area contributed by atoms with E-state index in [0.717, 1.165) is 46.1 Å². The molecule has 4 unspecified atom stereocenters. The molecule has 1 saturated carbocycles. The molecule has 4 aromatic rings. The van der Waals surface area contributed by atoms with Crippen LogP contribution in [0.5, 0.6) is 5.75 Å². The Bertz CT molecular complexity index is 1430. The number of nitrogens with one attached hydrogen (secondary N) is 2. The van der Waals surface area contributed by atoms with Gasteiger partial charge in [0.15, 0.2) is 0 Å². The van der Waals surface area contributed by atoms with Crippen molar-refractivity contribution in [3.8, 4) is 5.75 Å². The van der Waals surface area contributed by atoms with Crippen molar-refractivity contribution in [2.24, 2.45) is 0 Å². The van der Waals surface area contributed by atoms with Crippen molar-refractivity contribution in [3.05, 3.63) is 60.0 Å². The van der Waals surface area contributed by atoms with Crippen molar-refractivity contribution in [1.29, 1.82) is 4.78 Å². The number of benzene rings is 2. The van der Waals surface area contributed by atoms with Crippen LogP contribution in [0.1, 0.15) is 25.3 Å². The van der Waals surface area contributed by atoms with Gasteiger partial charge in [-0.2, -0.15) is 0 Å². The second kappa shape index (κ2) is 8.56. The van der Waals surface area contributed by atoms with Gasteiger partial charge in [0, 0.05) is 11.4 Å². The first-order chi connectivity index (χ1) is 16.1. The van der Waals surface area contributed by atoms with Crippen molar-refractivity contribution in [1.82, 2.24) is 9.29 Å². The van der Waals surface area contributed by atoms with Crippen LogP contribution in [0, 0.1) is 4.78 Å². The number of hydrogen-bond donors (Lipinski definition) is 3. The average molecular weight is 510 g/mol. The van der Waals surface area contributed by atoms with Gasteiger partial charge >= 0.3 is 6.36 Å². The number of para-hydroxylation sites is 1. The molecule has 0 radical (unpaired) electrons. The SMILES string of the molecule is N=S(=O)(NC1CCCC(n2c3ccccc3c3sccc32)C1O)c1ccc(OC(F)(F)F)cc1. The standard InChI is InChI=1S/C23H22F3N3O3S2/c24-23(25,26)32-14-8-10-15(11-9-14)34(27,31)28-17-5-3-7-19(21(17)30)29-18-6-2-1-4-16(18)22-20(29)12-13-33-22/h1-2,4,6,8-13,17,19,21,30H,3,5,7H2,(H2,27,28,31). The molecule has 180 valence electrons. The number of thiophene rings is 1. The Labute approximate surface area is 198 Å². The second-order valence-electron chi connectivity index (χ2n) is 8.31. The van der Waals surface area contributed by atoms with E-state index < -0.39 is 34.2 Å². The third-order valence-electron chi connectivity index (χ3n) is 6.17. The molecule has 0 saturated heterocycles. The molecule has 0 spiro atoms. The summed E-state index contributed by atoms with van der Waals surface area (Å²) in [5.74, 6) is -0.455. The zero-order valence-corrected chi connectivity index (χ0v) is 19.4. The highest BCUT2D eigenvalue weighted by atomic mass is 32.2. The van der Waals surface area contributed by atoms with E-state index in [1.807, 2.05) is 29.6 Å². The smallest absolute Gasteiger partial charge is 0.406 e. The third-order valence-corrected chi connectivity index (χ3v) is 8.68. The first-order valence-electron chi connectivity index (χ1n) is 10.7. The molecule has 6 nitrogen and oxygen atoms in total. The molecule has 2 aromatic carbocycles. The summed E-state index contributed by atoms with van der Waals surface area (Å²) >= 11 is 1.64. The number of alkyl halides is 3. The van der Waals surface area contributed by atoms with Crippen molar-refractivity contribution < 1.29 is 27.2 Å². The molecule has 4 atom stereocenters. The topological polar surface area (TPSA) is 87.3 Å². The van der Waals surface area contributed by atoms with E-state index in [0.29, 0.717) is 6.42 Å². The van der Waals surface area contributed by atoms with Gasteiger partial charge in [-0.05, 0) is 61.0 Å². The van der Waals surface area contributed by atoms with Crippen LogP contribution < -0.4 is 9.46 Å². The van der Waals surface area contributed by atoms with Gasteiger partial charge in [0.05, 0.1) is 32.8 Å². The van der Waals surface area contributed by atoms with Gasteiger partial charge in [-0.15, -0.1) is 24.5 Å². The van der Waals surface area contributed by atoms with Crippen LogP contribution in [-0.4, -0.2) is 32.4 Å². The zero-order chi connectivity index (χ0) is 24.1. The lowest BCUT2D eigenvalue weighted by Crippen LogP contribution is -2.49. The fraction of sp³-hybridized carbons (Fsp3) is 0.304. The summed E-state index contributed by atoms with van der Waals surface area (Å²) in [7, 11) is -3.57. The van der Waals surface area contributed by atoms with Crippen molar-refractivity contribution in [3.63, 3.8) is 0 Å². The van der Waals surface area contributed by atoms with Gasteiger partial charge in [0.2, 0.25) is 0 Å². The van der Waals surface area contributed by atoms with E-state index >= 15 is 0 Å². The van der Waals surface area contributed by atoms with E-state index in [1.54, 1.807) is 11.3 Å². The molecular formula is C23H22F3N3O3S2. The zero-order valence-electron chi connectivity index (χ0n) is 17.8. The molecule has 0 bridgehead atoms. The van der Waals surface area contributed by atoms with Crippen LogP contribution in [0.3, 0.4) is 0 Å². The van der Waals surface area contributed by atoms with Crippen LogP contribution in [0.4, 0.5) is 13.2 Å². The monoisotopic (exact) mass is 509 g/mol. The summed E-state index contributed by atoms with van der Waals surface area (Å²) in [5.41, 5.74) is 2.05. The molecule has 1 aliphatic carbocycles. The van der Waals surface area contributed by atoms with Crippen LogP contribution in [0.25, 0.3) is 21.1 Å². The van der Waals surface area contributed by atoms with Gasteiger partial charge in [-0.1, -0.05) is 18.2 Å². The van der Waals surface area contributed by atoms with Crippen molar-refractivity contribution in [2.75, 3.05) is 0 Å². The molecule has 1 fully saturated rings. The lowest BCUT2D eigenvalue weighted by Gasteiger charge is -2.37. The van der Waals surface area contributed by atoms with Gasteiger partial charge < -0.3 is 14.4 Å². The van der Waals surface area contributed by atoms with Gasteiger partial charge in [-0.25, -0.2) is 13.7 Å². The Balaban J connectivity index is 1.41. The number of halogens is 3. The Kier molecular flexibility index (Phi) is 5.83. The Morgan fingerprint density at radius 3 is 2.56 bits per heavy atom. The lowest BCUT2D eigenvalue weighted by atomic mass is 9.88. The lowest BCUT2D eigenvalue weighted by molar-refractivity contribution is -0.274. The number of aliphatic hydroxyl groups is 1. The van der Waals surface area contributed by atoms with Crippen molar-refractivity contribution >= 4 is 42.4 Å². The summed E-state index contributed by atoms with van der Waals surface area (Å²) in [6.07, 6.45) is -3.74. The average Bonchev–Trinajstić information content (AvgIpc) is 3.36. The predicted molar refractivity (Wildman–Crippen MR) is 125 cm³/mol. The molecule has 0 amide bonds. The fourth-order valence-corrected chi connectivity index (χ4v) is 7.00. The summed E-state index contributed by atoms with van der Waals surface area (Å²) in [5, 5.41) is 14.4. The number of rotatable bonds is 5. The van der Waals surface area contributed by atoms with Gasteiger partial charge in [0.1, 0.15) is 15.7 Å². The third kappa shape index (κ3) is 4.28. The number of ether oxygens (including phenoxy) is 1. The maximum absolute atomic E-state index is 13.2. The first kappa shape index (κ1) is 23.2. The maximum atomic E-state index is 13.2. The van der Waals surface area contributed by atoms with Crippen LogP contribution in [0.2, 0.25) is 0 Å². The first-order valence-corrected chi connectivity index (χ1v) is 13.1. The van der Waals surface area contributed by atoms with E-state index in [-0.39, 0.29) is 10.9 Å². The Morgan fingerprint density at radius 1 is 1.09 bits per heavy atom. The molecule has 3 N–H and O–H groups in total. The Morgan fingerprint density at radius 2 is 1.82 bits per heavy atom. The van der Waals surface area contributed by atoms with E-state index in [2.05, 4.69) is 20.1 Å². The second-order valence-corrected chi connectivity index (χ2v) is 11.0. The fourth-order valence-electron chi connectivity index (χ4n) is 4.74. The normalized spacial score (nSPS) is 23.2. The molecule has 5 rings (SSSR count). The quantitative estimate of drug-likeness (QED) is 0.317. The predicted octanol–water partition coefficient (Wildman–Crippen LogP) is 5.82. The molecule has 1 aliphatic rings. The molecule has 11 heteroatoms. The molecule has 2 aromatic heterocycles. The number of nitrogens with zero attached hydrogens (tertiary/aromatic N) is 1. The van der Waals surface area contributed by atoms with Crippen LogP contribution in [0.15, 0.2) is 64.9 Å². The van der Waals surface area contributed by atoms with E-state index in [4.69, 9.17) is 4.78 Å². The van der Waals surface area contributed by atoms with Crippen molar-refractivity contribution in [2.45, 2.75) is 48.7 Å². The number of fused-ring (bicyclic) bond motifs is 3. The minimum absolute atomic E-state index is 0.0167. The van der Waals surface area contributed by atoms with E-state index in [9.17, 15) is 22.5 Å². The summed E-state index contributed by atoms with van der Waals surface area (Å²) in [6.45, 7) is 0. The largest absolute Gasteiger partial charge is 0.573 e. The summed E-state index contributed by atoms with van der Waals surface area (Å²) < 4.78 is 68.6. The Hall–Kier alpha value is -2.60. The molecule has 0 aliphatic heterocycles. The number of aliphatic hydroxyl groups excluding tert-OH is 1. The summed E-state index contributed by atoms with van der Waals surface area (Å²) in [4.78, 5) is 0.0167. The van der Waals surface area contributed by atoms with Crippen LogP contribution in [-0.2, 0) is 9.92 Å². The highest BCUT2D eigenvalue weighted by Crippen LogP contribution is 2.40. The molecule has 34 heavy (non-hydrogen) atoms. The molecular weight excluding hydrogens is 487 g/mol. The summed E-state index contributed by atoms with van der Waals surface area (Å²) in [6, 6.07) is 13.5. The van der Waals surface area contributed by atoms with Gasteiger partial charge in [0.25, 0.3) is 0 Å². The number of hydrogen-bond acceptors (Lipinski definition) is 5. The highest BCUT2D eigenvalue weighted by molar-refractivity contribution is 7.90. The minimum atomic E-state index is -4.83. The van der Waals surface area contributed by atoms with Gasteiger partial charge in [-0.3, -0.25) is 0 Å².